The number of rotatable bonds is 5. The number of primary amides is 2. The van der Waals surface area contributed by atoms with Crippen LogP contribution in [0.15, 0.2) is 0 Å². The van der Waals surface area contributed by atoms with Crippen LogP contribution in [0.5, 0.6) is 0 Å². The van der Waals surface area contributed by atoms with Gasteiger partial charge in [0.05, 0.1) is 0 Å². The highest BCUT2D eigenvalue weighted by Gasteiger charge is 2.28. The van der Waals surface area contributed by atoms with Crippen LogP contribution in [-0.2, 0) is 9.59 Å². The van der Waals surface area contributed by atoms with E-state index in [1.165, 1.54) is 0 Å². The molecule has 0 heterocycles. The number of carbonyl (C=O) groups excluding carboxylic acids is 2. The predicted octanol–water partition coefficient (Wildman–Crippen LogP) is -1.54. The SMILES string of the molecule is C#CC(N)(CCCC(N)=O)C(N)=O. The van der Waals surface area contributed by atoms with Crippen LogP contribution in [-0.4, -0.2) is 17.4 Å². The largest absolute Gasteiger partial charge is 0.370 e. The zero-order valence-corrected chi connectivity index (χ0v) is 7.25. The van der Waals surface area contributed by atoms with Crippen molar-refractivity contribution in [3.8, 4) is 12.3 Å². The monoisotopic (exact) mass is 183 g/mol. The molecular formula is C8H13N3O2. The molecule has 0 aromatic rings. The molecule has 13 heavy (non-hydrogen) atoms. The van der Waals surface area contributed by atoms with E-state index in [0.717, 1.165) is 0 Å². The average molecular weight is 183 g/mol. The Bertz CT molecular complexity index is 257. The molecule has 0 saturated carbocycles. The first-order chi connectivity index (χ1) is 5.92. The van der Waals surface area contributed by atoms with Gasteiger partial charge < -0.3 is 17.2 Å². The fourth-order valence-electron chi connectivity index (χ4n) is 0.808. The molecule has 0 bridgehead atoms. The summed E-state index contributed by atoms with van der Waals surface area (Å²) in [6.07, 6.45) is 5.71. The van der Waals surface area contributed by atoms with Gasteiger partial charge in [0.25, 0.3) is 0 Å². The second kappa shape index (κ2) is 4.48. The van der Waals surface area contributed by atoms with E-state index in [0.29, 0.717) is 6.42 Å². The Kier molecular flexibility index (Phi) is 3.95. The van der Waals surface area contributed by atoms with Gasteiger partial charge in [-0.1, -0.05) is 5.92 Å². The van der Waals surface area contributed by atoms with Crippen LogP contribution in [0, 0.1) is 12.3 Å². The molecule has 0 spiro atoms. The van der Waals surface area contributed by atoms with Crippen LogP contribution in [0.4, 0.5) is 0 Å². The van der Waals surface area contributed by atoms with Gasteiger partial charge in [0.2, 0.25) is 11.8 Å². The van der Waals surface area contributed by atoms with Crippen molar-refractivity contribution in [1.82, 2.24) is 0 Å². The van der Waals surface area contributed by atoms with Crippen molar-refractivity contribution in [3.63, 3.8) is 0 Å². The minimum Gasteiger partial charge on any atom is -0.370 e. The highest BCUT2D eigenvalue weighted by molar-refractivity contribution is 5.88. The fraction of sp³-hybridized carbons (Fsp3) is 0.500. The normalized spacial score (nSPS) is 14.2. The van der Waals surface area contributed by atoms with Crippen molar-refractivity contribution in [2.24, 2.45) is 17.2 Å². The molecule has 0 radical (unpaired) electrons. The number of hydrogen-bond acceptors (Lipinski definition) is 3. The van der Waals surface area contributed by atoms with E-state index in [-0.39, 0.29) is 12.8 Å². The van der Waals surface area contributed by atoms with E-state index in [1.54, 1.807) is 0 Å². The lowest BCUT2D eigenvalue weighted by Gasteiger charge is -2.18. The number of terminal acetylenes is 1. The van der Waals surface area contributed by atoms with Gasteiger partial charge in [0.1, 0.15) is 0 Å². The lowest BCUT2D eigenvalue weighted by atomic mass is 9.94. The molecule has 0 aliphatic heterocycles. The van der Waals surface area contributed by atoms with Gasteiger partial charge in [-0.2, -0.15) is 0 Å². The number of hydrogen-bond donors (Lipinski definition) is 3. The third-order valence-electron chi connectivity index (χ3n) is 1.69. The smallest absolute Gasteiger partial charge is 0.249 e. The van der Waals surface area contributed by atoms with Crippen molar-refractivity contribution in [2.75, 3.05) is 0 Å². The van der Waals surface area contributed by atoms with Gasteiger partial charge >= 0.3 is 0 Å². The summed E-state index contributed by atoms with van der Waals surface area (Å²) in [6, 6.07) is 0. The molecule has 0 aliphatic rings. The quantitative estimate of drug-likeness (QED) is 0.449. The highest BCUT2D eigenvalue weighted by Crippen LogP contribution is 2.09. The third kappa shape index (κ3) is 3.58. The van der Waals surface area contributed by atoms with Crippen molar-refractivity contribution in [2.45, 2.75) is 24.8 Å². The summed E-state index contributed by atoms with van der Waals surface area (Å²) < 4.78 is 0. The standard InChI is InChI=1S/C8H13N3O2/c1-2-8(11,7(10)13)5-3-4-6(9)12/h1H,3-5,11H2,(H2,9,12)(H2,10,13). The molecular weight excluding hydrogens is 170 g/mol. The van der Waals surface area contributed by atoms with E-state index in [1.807, 2.05) is 0 Å². The van der Waals surface area contributed by atoms with Gasteiger partial charge in [-0.3, -0.25) is 9.59 Å². The first-order valence-corrected chi connectivity index (χ1v) is 3.77. The Morgan fingerprint density at radius 1 is 1.38 bits per heavy atom. The summed E-state index contributed by atoms with van der Waals surface area (Å²) in [7, 11) is 0. The maximum absolute atomic E-state index is 10.8. The fourth-order valence-corrected chi connectivity index (χ4v) is 0.808. The van der Waals surface area contributed by atoms with Crippen LogP contribution >= 0.6 is 0 Å². The van der Waals surface area contributed by atoms with Gasteiger partial charge in [-0.15, -0.1) is 6.42 Å². The molecule has 5 nitrogen and oxygen atoms in total. The van der Waals surface area contributed by atoms with Crippen LogP contribution in [0.3, 0.4) is 0 Å². The van der Waals surface area contributed by atoms with Crippen LogP contribution in [0.2, 0.25) is 0 Å². The van der Waals surface area contributed by atoms with Crippen LogP contribution in [0.25, 0.3) is 0 Å². The lowest BCUT2D eigenvalue weighted by Crippen LogP contribution is -2.50. The second-order valence-electron chi connectivity index (χ2n) is 2.80. The molecule has 0 saturated heterocycles. The third-order valence-corrected chi connectivity index (χ3v) is 1.69. The molecule has 6 N–H and O–H groups in total. The summed E-state index contributed by atoms with van der Waals surface area (Å²) in [5.41, 5.74) is 13.9. The Morgan fingerprint density at radius 2 is 1.92 bits per heavy atom. The molecule has 0 rings (SSSR count). The molecule has 0 fully saturated rings. The number of carbonyl (C=O) groups is 2. The second-order valence-corrected chi connectivity index (χ2v) is 2.80. The molecule has 1 unspecified atom stereocenters. The molecule has 0 aromatic carbocycles. The van der Waals surface area contributed by atoms with Crippen LogP contribution < -0.4 is 17.2 Å². The topological polar surface area (TPSA) is 112 Å². The van der Waals surface area contributed by atoms with E-state index in [4.69, 9.17) is 23.6 Å². The summed E-state index contributed by atoms with van der Waals surface area (Å²) in [4.78, 5) is 21.1. The lowest BCUT2D eigenvalue weighted by molar-refractivity contribution is -0.122. The average Bonchev–Trinajstić information content (AvgIpc) is 2.03. The molecule has 0 aromatic heterocycles. The van der Waals surface area contributed by atoms with Crippen molar-refractivity contribution >= 4 is 11.8 Å². The Balaban J connectivity index is 4.09. The number of nitrogens with two attached hydrogens (primary N) is 3. The Labute approximate surface area is 76.6 Å². The minimum atomic E-state index is -1.46. The predicted molar refractivity (Wildman–Crippen MR) is 48.0 cm³/mol. The minimum absolute atomic E-state index is 0.147. The zero-order valence-electron chi connectivity index (χ0n) is 7.25. The van der Waals surface area contributed by atoms with E-state index in [9.17, 15) is 9.59 Å². The van der Waals surface area contributed by atoms with Gasteiger partial charge in [0.15, 0.2) is 5.54 Å². The summed E-state index contributed by atoms with van der Waals surface area (Å²) in [6.45, 7) is 0. The Hall–Kier alpha value is -1.54. The summed E-state index contributed by atoms with van der Waals surface area (Å²) >= 11 is 0. The van der Waals surface area contributed by atoms with Crippen molar-refractivity contribution in [3.05, 3.63) is 0 Å². The maximum Gasteiger partial charge on any atom is 0.249 e. The molecule has 72 valence electrons. The Morgan fingerprint density at radius 3 is 2.23 bits per heavy atom. The summed E-state index contributed by atoms with van der Waals surface area (Å²) in [5.74, 6) is 0.884. The van der Waals surface area contributed by atoms with E-state index >= 15 is 0 Å². The molecule has 5 heteroatoms. The molecule has 1 atom stereocenters. The van der Waals surface area contributed by atoms with Crippen molar-refractivity contribution in [1.29, 1.82) is 0 Å². The van der Waals surface area contributed by atoms with Gasteiger partial charge in [0, 0.05) is 6.42 Å². The first kappa shape index (κ1) is 11.5. The van der Waals surface area contributed by atoms with Crippen LogP contribution in [0.1, 0.15) is 19.3 Å². The maximum atomic E-state index is 10.8. The first-order valence-electron chi connectivity index (χ1n) is 3.77. The van der Waals surface area contributed by atoms with Crippen molar-refractivity contribution < 1.29 is 9.59 Å². The number of amides is 2. The zero-order chi connectivity index (χ0) is 10.5. The molecule has 0 aliphatic carbocycles. The van der Waals surface area contributed by atoms with E-state index < -0.39 is 17.4 Å². The summed E-state index contributed by atoms with van der Waals surface area (Å²) in [5, 5.41) is 0. The highest BCUT2D eigenvalue weighted by atomic mass is 16.1. The molecule has 2 amide bonds. The van der Waals surface area contributed by atoms with Gasteiger partial charge in [-0.25, -0.2) is 0 Å². The van der Waals surface area contributed by atoms with E-state index in [2.05, 4.69) is 5.92 Å². The van der Waals surface area contributed by atoms with Gasteiger partial charge in [-0.05, 0) is 12.8 Å².